The molecule has 0 unspecified atom stereocenters. The Bertz CT molecular complexity index is 375. The number of hydrogen-bond donors (Lipinski definition) is 1. The van der Waals surface area contributed by atoms with Crippen LogP contribution in [-0.4, -0.2) is 24.1 Å². The number of rotatable bonds is 5. The van der Waals surface area contributed by atoms with Gasteiger partial charge in [-0.15, -0.1) is 0 Å². The Kier molecular flexibility index (Phi) is 4.60. The van der Waals surface area contributed by atoms with Gasteiger partial charge in [0.15, 0.2) is 5.82 Å². The van der Waals surface area contributed by atoms with Crippen LogP contribution in [0.1, 0.15) is 50.7 Å². The van der Waals surface area contributed by atoms with Crippen molar-refractivity contribution in [3.05, 3.63) is 23.3 Å². The van der Waals surface area contributed by atoms with E-state index in [-0.39, 0.29) is 0 Å². The first-order valence-electron chi connectivity index (χ1n) is 5.98. The fourth-order valence-electron chi connectivity index (χ4n) is 1.63. The molecule has 1 N–H and O–H groups in total. The Morgan fingerprint density at radius 2 is 2.06 bits per heavy atom. The number of aromatic nitrogens is 2. The molecular weight excluding hydrogens is 214 g/mol. The van der Waals surface area contributed by atoms with Gasteiger partial charge < -0.3 is 10.1 Å². The Balaban J connectivity index is 3.18. The molecule has 96 valence electrons. The van der Waals surface area contributed by atoms with Crippen molar-refractivity contribution in [1.29, 1.82) is 0 Å². The quantitative estimate of drug-likeness (QED) is 0.853. The first kappa shape index (κ1) is 14.1. The second-order valence-corrected chi connectivity index (χ2v) is 5.00. The van der Waals surface area contributed by atoms with Crippen LogP contribution in [0.4, 0.5) is 0 Å². The molecule has 0 fully saturated rings. The molecule has 0 radical (unpaired) electrons. The van der Waals surface area contributed by atoms with Gasteiger partial charge in [0.1, 0.15) is 5.60 Å². The van der Waals surface area contributed by atoms with Crippen molar-refractivity contribution >= 4 is 0 Å². The molecule has 0 saturated carbocycles. The van der Waals surface area contributed by atoms with E-state index >= 15 is 0 Å². The Labute approximate surface area is 104 Å². The van der Waals surface area contributed by atoms with Crippen molar-refractivity contribution < 1.29 is 4.74 Å². The van der Waals surface area contributed by atoms with Gasteiger partial charge in [0, 0.05) is 25.4 Å². The van der Waals surface area contributed by atoms with Gasteiger partial charge in [0.25, 0.3) is 0 Å². The maximum absolute atomic E-state index is 5.42. The molecule has 17 heavy (non-hydrogen) atoms. The van der Waals surface area contributed by atoms with Crippen LogP contribution in [-0.2, 0) is 16.9 Å². The van der Waals surface area contributed by atoms with E-state index in [9.17, 15) is 0 Å². The van der Waals surface area contributed by atoms with E-state index in [1.165, 1.54) is 0 Å². The van der Waals surface area contributed by atoms with Crippen LogP contribution >= 0.6 is 0 Å². The van der Waals surface area contributed by atoms with Crippen LogP contribution in [0.25, 0.3) is 0 Å². The minimum absolute atomic E-state index is 0.382. The highest BCUT2D eigenvalue weighted by atomic mass is 16.5. The SMILES string of the molecule is CNCc1cnc(C(C)(C)OC)nc1C(C)C. The van der Waals surface area contributed by atoms with Crippen LogP contribution in [0.15, 0.2) is 6.20 Å². The van der Waals surface area contributed by atoms with Gasteiger partial charge in [0.05, 0.1) is 5.69 Å². The average molecular weight is 237 g/mol. The molecule has 0 saturated heterocycles. The number of nitrogens with one attached hydrogen (secondary N) is 1. The molecule has 0 aliphatic heterocycles. The molecule has 1 aromatic rings. The minimum Gasteiger partial charge on any atom is -0.371 e. The highest BCUT2D eigenvalue weighted by Gasteiger charge is 2.24. The summed E-state index contributed by atoms with van der Waals surface area (Å²) in [6.07, 6.45) is 1.90. The summed E-state index contributed by atoms with van der Waals surface area (Å²) in [7, 11) is 3.61. The van der Waals surface area contributed by atoms with Crippen LogP contribution in [0, 0.1) is 0 Å². The number of ether oxygens (including phenoxy) is 1. The Hall–Kier alpha value is -1.00. The highest BCUT2D eigenvalue weighted by molar-refractivity contribution is 5.22. The maximum Gasteiger partial charge on any atom is 0.159 e. The summed E-state index contributed by atoms with van der Waals surface area (Å²) in [4.78, 5) is 9.06. The second-order valence-electron chi connectivity index (χ2n) is 5.00. The molecule has 1 aromatic heterocycles. The zero-order valence-electron chi connectivity index (χ0n) is 11.7. The minimum atomic E-state index is -0.443. The largest absolute Gasteiger partial charge is 0.371 e. The Morgan fingerprint density at radius 3 is 2.53 bits per heavy atom. The Morgan fingerprint density at radius 1 is 1.41 bits per heavy atom. The summed E-state index contributed by atoms with van der Waals surface area (Å²) in [6, 6.07) is 0. The summed E-state index contributed by atoms with van der Waals surface area (Å²) < 4.78 is 5.42. The van der Waals surface area contributed by atoms with E-state index in [1.807, 2.05) is 27.1 Å². The summed E-state index contributed by atoms with van der Waals surface area (Å²) in [5.41, 5.74) is 1.80. The monoisotopic (exact) mass is 237 g/mol. The molecule has 1 rings (SSSR count). The van der Waals surface area contributed by atoms with E-state index < -0.39 is 5.60 Å². The van der Waals surface area contributed by atoms with Gasteiger partial charge in [-0.1, -0.05) is 13.8 Å². The van der Waals surface area contributed by atoms with Gasteiger partial charge in [0.2, 0.25) is 0 Å². The maximum atomic E-state index is 5.42. The number of methoxy groups -OCH3 is 1. The van der Waals surface area contributed by atoms with Crippen molar-refractivity contribution in [3.63, 3.8) is 0 Å². The van der Waals surface area contributed by atoms with Crippen molar-refractivity contribution in [2.24, 2.45) is 0 Å². The molecule has 0 amide bonds. The van der Waals surface area contributed by atoms with E-state index in [4.69, 9.17) is 4.74 Å². The highest BCUT2D eigenvalue weighted by Crippen LogP contribution is 2.23. The van der Waals surface area contributed by atoms with Gasteiger partial charge in [-0.2, -0.15) is 0 Å². The normalized spacial score (nSPS) is 12.2. The van der Waals surface area contributed by atoms with Crippen LogP contribution in [0.3, 0.4) is 0 Å². The molecule has 0 aliphatic carbocycles. The molecule has 0 atom stereocenters. The lowest BCUT2D eigenvalue weighted by molar-refractivity contribution is 0.0112. The van der Waals surface area contributed by atoms with E-state index in [1.54, 1.807) is 7.11 Å². The standard InChI is InChI=1S/C13H23N3O/c1-9(2)11-10(7-14-5)8-15-12(16-11)13(3,4)17-6/h8-9,14H,7H2,1-6H3. The fraction of sp³-hybridized carbons (Fsp3) is 0.692. The van der Waals surface area contributed by atoms with E-state index in [2.05, 4.69) is 29.1 Å². The predicted octanol–water partition coefficient (Wildman–Crippen LogP) is 2.20. The first-order chi connectivity index (χ1) is 7.92. The number of nitrogens with zero attached hydrogens (tertiary/aromatic N) is 2. The zero-order valence-corrected chi connectivity index (χ0v) is 11.7. The van der Waals surface area contributed by atoms with E-state index in [0.29, 0.717) is 5.92 Å². The lowest BCUT2D eigenvalue weighted by Crippen LogP contribution is -2.24. The second kappa shape index (κ2) is 5.56. The third-order valence-corrected chi connectivity index (χ3v) is 2.86. The van der Waals surface area contributed by atoms with Crippen molar-refractivity contribution in [2.45, 2.75) is 45.8 Å². The fourth-order valence-corrected chi connectivity index (χ4v) is 1.63. The van der Waals surface area contributed by atoms with Crippen molar-refractivity contribution in [2.75, 3.05) is 14.2 Å². The van der Waals surface area contributed by atoms with Crippen molar-refractivity contribution in [3.8, 4) is 0 Å². The first-order valence-corrected chi connectivity index (χ1v) is 5.98. The molecular formula is C13H23N3O. The van der Waals surface area contributed by atoms with Gasteiger partial charge >= 0.3 is 0 Å². The van der Waals surface area contributed by atoms with Gasteiger partial charge in [-0.25, -0.2) is 9.97 Å². The lowest BCUT2D eigenvalue weighted by atomic mass is 10.0. The smallest absolute Gasteiger partial charge is 0.159 e. The molecule has 4 heteroatoms. The zero-order chi connectivity index (χ0) is 13.1. The van der Waals surface area contributed by atoms with E-state index in [0.717, 1.165) is 23.6 Å². The molecule has 0 aromatic carbocycles. The molecule has 4 nitrogen and oxygen atoms in total. The molecule has 1 heterocycles. The number of hydrogen-bond acceptors (Lipinski definition) is 4. The van der Waals surface area contributed by atoms with Crippen molar-refractivity contribution in [1.82, 2.24) is 15.3 Å². The third kappa shape index (κ3) is 3.23. The predicted molar refractivity (Wildman–Crippen MR) is 68.9 cm³/mol. The lowest BCUT2D eigenvalue weighted by Gasteiger charge is -2.23. The molecule has 0 bridgehead atoms. The summed E-state index contributed by atoms with van der Waals surface area (Å²) in [5.74, 6) is 1.12. The van der Waals surface area contributed by atoms with Gasteiger partial charge in [-0.05, 0) is 26.8 Å². The summed E-state index contributed by atoms with van der Waals surface area (Å²) >= 11 is 0. The van der Waals surface area contributed by atoms with Crippen LogP contribution < -0.4 is 5.32 Å². The van der Waals surface area contributed by atoms with Crippen LogP contribution in [0.5, 0.6) is 0 Å². The molecule has 0 spiro atoms. The average Bonchev–Trinajstić information content (AvgIpc) is 2.29. The summed E-state index contributed by atoms with van der Waals surface area (Å²) in [5, 5.41) is 3.14. The topological polar surface area (TPSA) is 47.0 Å². The van der Waals surface area contributed by atoms with Gasteiger partial charge in [-0.3, -0.25) is 0 Å². The third-order valence-electron chi connectivity index (χ3n) is 2.86. The van der Waals surface area contributed by atoms with Crippen LogP contribution in [0.2, 0.25) is 0 Å². The summed E-state index contributed by atoms with van der Waals surface area (Å²) in [6.45, 7) is 9.03. The molecule has 0 aliphatic rings.